The fourth-order valence-corrected chi connectivity index (χ4v) is 3.14. The van der Waals surface area contributed by atoms with Crippen molar-refractivity contribution in [2.45, 2.75) is 32.2 Å². The summed E-state index contributed by atoms with van der Waals surface area (Å²) >= 11 is 0. The van der Waals surface area contributed by atoms with Crippen molar-refractivity contribution in [3.8, 4) is 0 Å². The molecule has 0 aromatic carbocycles. The molecule has 2 aliphatic heterocycles. The molecule has 0 unspecified atom stereocenters. The molecule has 2 rings (SSSR count). The van der Waals surface area contributed by atoms with E-state index in [1.54, 1.807) is 0 Å². The quantitative estimate of drug-likeness (QED) is 0.772. The smallest absolute Gasteiger partial charge is 0.0168 e. The summed E-state index contributed by atoms with van der Waals surface area (Å²) in [5.74, 6) is 0. The van der Waals surface area contributed by atoms with Crippen molar-refractivity contribution in [2.24, 2.45) is 5.73 Å². The zero-order chi connectivity index (χ0) is 12.8. The molecule has 0 saturated carbocycles. The number of hydrogen-bond acceptors (Lipinski definition) is 4. The summed E-state index contributed by atoms with van der Waals surface area (Å²) in [5, 5.41) is 0. The number of piperazine rings is 1. The number of rotatable bonds is 5. The van der Waals surface area contributed by atoms with Crippen molar-refractivity contribution >= 4 is 0 Å². The summed E-state index contributed by atoms with van der Waals surface area (Å²) in [7, 11) is 0. The molecule has 0 aliphatic carbocycles. The molecule has 0 radical (unpaired) electrons. The summed E-state index contributed by atoms with van der Waals surface area (Å²) in [5.41, 5.74) is 6.01. The van der Waals surface area contributed by atoms with Crippen LogP contribution in [0.4, 0.5) is 0 Å². The Kier molecular flexibility index (Phi) is 5.89. The second kappa shape index (κ2) is 7.43. The molecule has 0 spiro atoms. The third kappa shape index (κ3) is 4.50. The average Bonchev–Trinajstić information content (AvgIpc) is 2.40. The van der Waals surface area contributed by atoms with Crippen LogP contribution in [-0.4, -0.2) is 79.6 Å². The minimum absolute atomic E-state index is 0.423. The highest BCUT2D eigenvalue weighted by Gasteiger charge is 2.18. The summed E-state index contributed by atoms with van der Waals surface area (Å²) in [6.07, 6.45) is 3.81. The highest BCUT2D eigenvalue weighted by Crippen LogP contribution is 2.09. The van der Waals surface area contributed by atoms with Crippen LogP contribution in [0.15, 0.2) is 0 Å². The van der Waals surface area contributed by atoms with Crippen LogP contribution in [0.5, 0.6) is 0 Å². The molecule has 2 N–H and O–H groups in total. The Bertz CT molecular complexity index is 226. The van der Waals surface area contributed by atoms with Crippen LogP contribution >= 0.6 is 0 Å². The Labute approximate surface area is 112 Å². The van der Waals surface area contributed by atoms with Crippen molar-refractivity contribution < 1.29 is 0 Å². The molecule has 4 nitrogen and oxygen atoms in total. The van der Waals surface area contributed by atoms with E-state index in [9.17, 15) is 0 Å². The highest BCUT2D eigenvalue weighted by atomic mass is 15.3. The Morgan fingerprint density at radius 2 is 1.61 bits per heavy atom. The van der Waals surface area contributed by atoms with Gasteiger partial charge in [0, 0.05) is 38.8 Å². The van der Waals surface area contributed by atoms with E-state index in [0.29, 0.717) is 6.04 Å². The Morgan fingerprint density at radius 1 is 0.944 bits per heavy atom. The van der Waals surface area contributed by atoms with E-state index in [4.69, 9.17) is 5.73 Å². The van der Waals surface area contributed by atoms with Crippen molar-refractivity contribution in [1.29, 1.82) is 0 Å². The van der Waals surface area contributed by atoms with Crippen LogP contribution in [0.3, 0.4) is 0 Å². The number of piperidine rings is 1. The third-order valence-electron chi connectivity index (χ3n) is 4.40. The van der Waals surface area contributed by atoms with Crippen molar-refractivity contribution in [2.75, 3.05) is 58.9 Å². The molecule has 2 aliphatic rings. The molecule has 2 fully saturated rings. The van der Waals surface area contributed by atoms with E-state index < -0.39 is 0 Å². The van der Waals surface area contributed by atoms with E-state index in [-0.39, 0.29) is 0 Å². The largest absolute Gasteiger partial charge is 0.327 e. The van der Waals surface area contributed by atoms with Crippen LogP contribution in [0.25, 0.3) is 0 Å². The monoisotopic (exact) mass is 254 g/mol. The molecule has 4 heteroatoms. The Balaban J connectivity index is 1.55. The molecular weight excluding hydrogens is 224 g/mol. The molecule has 2 saturated heterocycles. The number of likely N-dealkylation sites (tertiary alicyclic amines) is 1. The molecule has 0 bridgehead atoms. The lowest BCUT2D eigenvalue weighted by molar-refractivity contribution is 0.127. The minimum atomic E-state index is 0.423. The van der Waals surface area contributed by atoms with E-state index in [0.717, 1.165) is 6.54 Å². The summed E-state index contributed by atoms with van der Waals surface area (Å²) in [6.45, 7) is 13.4. The second-order valence-corrected chi connectivity index (χ2v) is 5.83. The Hall–Kier alpha value is -0.160. The summed E-state index contributed by atoms with van der Waals surface area (Å²) in [6, 6.07) is 0.423. The first kappa shape index (κ1) is 14.3. The van der Waals surface area contributed by atoms with Gasteiger partial charge >= 0.3 is 0 Å². The maximum absolute atomic E-state index is 6.01. The normalized spacial score (nSPS) is 28.7. The van der Waals surface area contributed by atoms with E-state index >= 15 is 0 Å². The van der Waals surface area contributed by atoms with Crippen LogP contribution in [0, 0.1) is 0 Å². The van der Waals surface area contributed by atoms with Gasteiger partial charge in [0.2, 0.25) is 0 Å². The first-order chi connectivity index (χ1) is 8.78. The van der Waals surface area contributed by atoms with Gasteiger partial charge in [0.15, 0.2) is 0 Å². The topological polar surface area (TPSA) is 35.7 Å². The van der Waals surface area contributed by atoms with Crippen LogP contribution in [0.1, 0.15) is 26.2 Å². The van der Waals surface area contributed by atoms with Gasteiger partial charge in [0.05, 0.1) is 0 Å². The number of nitrogens with two attached hydrogens (primary N) is 1. The van der Waals surface area contributed by atoms with Gasteiger partial charge in [-0.1, -0.05) is 6.92 Å². The maximum atomic E-state index is 6.01. The molecule has 18 heavy (non-hydrogen) atoms. The highest BCUT2D eigenvalue weighted by molar-refractivity contribution is 4.76. The maximum Gasteiger partial charge on any atom is 0.0168 e. The standard InChI is InChI=1S/C14H30N4/c1-2-16-9-11-17(12-10-16)7-4-8-18-6-3-5-14(15)13-18/h14H,2-13,15H2,1H3/t14-/m0/s1. The fraction of sp³-hybridized carbons (Fsp3) is 1.00. The van der Waals surface area contributed by atoms with Crippen LogP contribution in [0.2, 0.25) is 0 Å². The number of hydrogen-bond donors (Lipinski definition) is 1. The lowest BCUT2D eigenvalue weighted by Gasteiger charge is -2.35. The van der Waals surface area contributed by atoms with E-state index in [1.165, 1.54) is 71.6 Å². The van der Waals surface area contributed by atoms with Crippen molar-refractivity contribution in [3.63, 3.8) is 0 Å². The third-order valence-corrected chi connectivity index (χ3v) is 4.40. The van der Waals surface area contributed by atoms with Gasteiger partial charge < -0.3 is 20.4 Å². The first-order valence-corrected chi connectivity index (χ1v) is 7.70. The van der Waals surface area contributed by atoms with E-state index in [2.05, 4.69) is 21.6 Å². The van der Waals surface area contributed by atoms with Gasteiger partial charge in [0.1, 0.15) is 0 Å². The minimum Gasteiger partial charge on any atom is -0.327 e. The predicted octanol–water partition coefficient (Wildman–Crippen LogP) is 0.437. The van der Waals surface area contributed by atoms with E-state index in [1.807, 2.05) is 0 Å². The fourth-order valence-electron chi connectivity index (χ4n) is 3.14. The second-order valence-electron chi connectivity index (χ2n) is 5.83. The molecule has 0 amide bonds. The summed E-state index contributed by atoms with van der Waals surface area (Å²) in [4.78, 5) is 7.71. The van der Waals surface area contributed by atoms with Gasteiger partial charge in [-0.3, -0.25) is 0 Å². The molecule has 0 aromatic rings. The van der Waals surface area contributed by atoms with Gasteiger partial charge in [-0.05, 0) is 45.4 Å². The zero-order valence-electron chi connectivity index (χ0n) is 12.0. The molecule has 0 aromatic heterocycles. The van der Waals surface area contributed by atoms with Gasteiger partial charge in [-0.25, -0.2) is 0 Å². The van der Waals surface area contributed by atoms with Crippen LogP contribution < -0.4 is 5.73 Å². The van der Waals surface area contributed by atoms with Crippen LogP contribution in [-0.2, 0) is 0 Å². The molecular formula is C14H30N4. The molecule has 106 valence electrons. The van der Waals surface area contributed by atoms with Crippen molar-refractivity contribution in [3.05, 3.63) is 0 Å². The average molecular weight is 254 g/mol. The predicted molar refractivity (Wildman–Crippen MR) is 76.8 cm³/mol. The number of nitrogens with zero attached hydrogens (tertiary/aromatic N) is 3. The summed E-state index contributed by atoms with van der Waals surface area (Å²) < 4.78 is 0. The molecule has 1 atom stereocenters. The van der Waals surface area contributed by atoms with Gasteiger partial charge in [-0.2, -0.15) is 0 Å². The lowest BCUT2D eigenvalue weighted by Crippen LogP contribution is -2.47. The van der Waals surface area contributed by atoms with Crippen molar-refractivity contribution in [1.82, 2.24) is 14.7 Å². The molecule has 2 heterocycles. The first-order valence-electron chi connectivity index (χ1n) is 7.70. The van der Waals surface area contributed by atoms with Gasteiger partial charge in [-0.15, -0.1) is 0 Å². The number of likely N-dealkylation sites (N-methyl/N-ethyl adjacent to an activating group) is 1. The SMILES string of the molecule is CCN1CCN(CCCN2CCC[C@H](N)C2)CC1. The Morgan fingerprint density at radius 3 is 2.28 bits per heavy atom. The van der Waals surface area contributed by atoms with Gasteiger partial charge in [0.25, 0.3) is 0 Å². The lowest BCUT2D eigenvalue weighted by atomic mass is 10.1. The zero-order valence-corrected chi connectivity index (χ0v) is 12.0.